The molecule has 3 nitrogen and oxygen atoms in total. The average molecular weight is 253 g/mol. The van der Waals surface area contributed by atoms with Gasteiger partial charge in [-0.2, -0.15) is 4.31 Å². The first-order valence-electron chi connectivity index (χ1n) is 5.85. The number of aryl methyl sites for hydroxylation is 1. The topological polar surface area (TPSA) is 37.4 Å². The molecule has 0 amide bonds. The lowest BCUT2D eigenvalue weighted by Crippen LogP contribution is -2.48. The number of hydrogen-bond acceptors (Lipinski definition) is 2. The van der Waals surface area contributed by atoms with Crippen molar-refractivity contribution in [3.63, 3.8) is 0 Å². The van der Waals surface area contributed by atoms with Gasteiger partial charge in [0, 0.05) is 12.1 Å². The molecule has 4 heteroatoms. The van der Waals surface area contributed by atoms with Crippen LogP contribution >= 0.6 is 0 Å². The van der Waals surface area contributed by atoms with Crippen LogP contribution in [0.3, 0.4) is 0 Å². The highest BCUT2D eigenvalue weighted by molar-refractivity contribution is 7.89. The zero-order valence-electron chi connectivity index (χ0n) is 10.8. The molecule has 0 fully saturated rings. The summed E-state index contributed by atoms with van der Waals surface area (Å²) >= 11 is 0. The molecule has 1 aliphatic heterocycles. The first-order chi connectivity index (χ1) is 7.73. The molecule has 1 aromatic rings. The summed E-state index contributed by atoms with van der Waals surface area (Å²) in [5.74, 6) is 0. The van der Waals surface area contributed by atoms with Gasteiger partial charge in [0.25, 0.3) is 0 Å². The van der Waals surface area contributed by atoms with Crippen LogP contribution < -0.4 is 0 Å². The Morgan fingerprint density at radius 3 is 2.47 bits per heavy atom. The van der Waals surface area contributed by atoms with Crippen LogP contribution in [-0.2, 0) is 16.4 Å². The van der Waals surface area contributed by atoms with Crippen LogP contribution in [0, 0.1) is 6.92 Å². The maximum Gasteiger partial charge on any atom is 0.243 e. The summed E-state index contributed by atoms with van der Waals surface area (Å²) < 4.78 is 26.7. The molecule has 0 radical (unpaired) electrons. The van der Waals surface area contributed by atoms with Crippen LogP contribution in [0.1, 0.15) is 31.9 Å². The molecule has 0 unspecified atom stereocenters. The molecule has 2 rings (SSSR count). The van der Waals surface area contributed by atoms with Crippen molar-refractivity contribution in [1.29, 1.82) is 0 Å². The number of nitrogens with zero attached hydrogens (tertiary/aromatic N) is 1. The Labute approximate surface area is 104 Å². The molecule has 1 aliphatic rings. The molecule has 1 heterocycles. The van der Waals surface area contributed by atoms with Gasteiger partial charge in [-0.1, -0.05) is 12.1 Å². The second kappa shape index (κ2) is 3.82. The zero-order valence-corrected chi connectivity index (χ0v) is 11.6. The van der Waals surface area contributed by atoms with E-state index in [0.29, 0.717) is 11.4 Å². The molecular formula is C13H19NO2S. The normalized spacial score (nSPS) is 20.0. The van der Waals surface area contributed by atoms with Gasteiger partial charge in [0.2, 0.25) is 10.0 Å². The van der Waals surface area contributed by atoms with E-state index in [0.717, 1.165) is 17.5 Å². The fourth-order valence-corrected chi connectivity index (χ4v) is 4.39. The molecule has 0 aromatic heterocycles. The summed E-state index contributed by atoms with van der Waals surface area (Å²) in [6.07, 6.45) is 0.798. The highest BCUT2D eigenvalue weighted by Crippen LogP contribution is 2.31. The Morgan fingerprint density at radius 1 is 1.24 bits per heavy atom. The van der Waals surface area contributed by atoms with E-state index in [1.54, 1.807) is 10.4 Å². The summed E-state index contributed by atoms with van der Waals surface area (Å²) in [4.78, 5) is 0.485. The molecular weight excluding hydrogens is 234 g/mol. The van der Waals surface area contributed by atoms with Gasteiger partial charge >= 0.3 is 0 Å². The summed E-state index contributed by atoms with van der Waals surface area (Å²) in [6, 6.07) is 5.69. The predicted octanol–water partition coefficient (Wildman–Crippen LogP) is 2.34. The zero-order chi connectivity index (χ0) is 12.8. The smallest absolute Gasteiger partial charge is 0.207 e. The fourth-order valence-electron chi connectivity index (χ4n) is 2.27. The maximum absolute atomic E-state index is 12.5. The van der Waals surface area contributed by atoms with Crippen molar-refractivity contribution in [3.8, 4) is 0 Å². The van der Waals surface area contributed by atoms with Gasteiger partial charge < -0.3 is 0 Å². The Hall–Kier alpha value is -0.870. The van der Waals surface area contributed by atoms with E-state index in [2.05, 4.69) is 0 Å². The number of rotatable bonds is 0. The lowest BCUT2D eigenvalue weighted by molar-refractivity contribution is 0.245. The standard InChI is InChI=1S/C13H19NO2S/c1-10-5-6-11-7-8-14(13(2,3)4)17(15,16)12(11)9-10/h5-6,9H,7-8H2,1-4H3. The minimum Gasteiger partial charge on any atom is -0.207 e. The number of fused-ring (bicyclic) bond motifs is 1. The van der Waals surface area contributed by atoms with E-state index in [1.807, 2.05) is 39.8 Å². The van der Waals surface area contributed by atoms with E-state index in [-0.39, 0.29) is 5.54 Å². The van der Waals surface area contributed by atoms with Gasteiger partial charge in [-0.05, 0) is 51.3 Å². The lowest BCUT2D eigenvalue weighted by Gasteiger charge is -2.38. The van der Waals surface area contributed by atoms with E-state index >= 15 is 0 Å². The quantitative estimate of drug-likeness (QED) is 0.711. The Kier molecular flexibility index (Phi) is 2.83. The van der Waals surface area contributed by atoms with Crippen LogP contribution in [0.15, 0.2) is 23.1 Å². The number of benzene rings is 1. The van der Waals surface area contributed by atoms with Crippen molar-refractivity contribution in [1.82, 2.24) is 4.31 Å². The number of hydrogen-bond donors (Lipinski definition) is 0. The second-order valence-corrected chi connectivity index (χ2v) is 7.44. The highest BCUT2D eigenvalue weighted by atomic mass is 32.2. The van der Waals surface area contributed by atoms with Crippen molar-refractivity contribution in [2.75, 3.05) is 6.54 Å². The van der Waals surface area contributed by atoms with Crippen LogP contribution in [0.25, 0.3) is 0 Å². The van der Waals surface area contributed by atoms with Gasteiger partial charge in [-0.15, -0.1) is 0 Å². The van der Waals surface area contributed by atoms with Crippen molar-refractivity contribution in [3.05, 3.63) is 29.3 Å². The molecule has 0 saturated heterocycles. The molecule has 0 spiro atoms. The molecule has 17 heavy (non-hydrogen) atoms. The SMILES string of the molecule is Cc1ccc2c(c1)S(=O)(=O)N(C(C)(C)C)CC2. The predicted molar refractivity (Wildman–Crippen MR) is 68.5 cm³/mol. The van der Waals surface area contributed by atoms with Gasteiger partial charge in [-0.25, -0.2) is 8.42 Å². The van der Waals surface area contributed by atoms with Crippen LogP contribution in [-0.4, -0.2) is 24.8 Å². The van der Waals surface area contributed by atoms with E-state index < -0.39 is 10.0 Å². The largest absolute Gasteiger partial charge is 0.243 e. The average Bonchev–Trinajstić information content (AvgIpc) is 2.16. The Morgan fingerprint density at radius 2 is 1.88 bits per heavy atom. The number of sulfonamides is 1. The first-order valence-corrected chi connectivity index (χ1v) is 7.29. The molecule has 1 aromatic carbocycles. The van der Waals surface area contributed by atoms with Crippen molar-refractivity contribution in [2.24, 2.45) is 0 Å². The highest BCUT2D eigenvalue weighted by Gasteiger charge is 2.38. The summed E-state index contributed by atoms with van der Waals surface area (Å²) in [7, 11) is -3.33. The third-order valence-electron chi connectivity index (χ3n) is 3.12. The van der Waals surface area contributed by atoms with Gasteiger partial charge in [0.1, 0.15) is 0 Å². The maximum atomic E-state index is 12.5. The molecule has 0 bridgehead atoms. The van der Waals surface area contributed by atoms with Gasteiger partial charge in [-0.3, -0.25) is 0 Å². The van der Waals surface area contributed by atoms with Crippen LogP contribution in [0.4, 0.5) is 0 Å². The molecule has 0 atom stereocenters. The minimum absolute atomic E-state index is 0.361. The van der Waals surface area contributed by atoms with E-state index in [1.165, 1.54) is 0 Å². The first kappa shape index (κ1) is 12.6. The fraction of sp³-hybridized carbons (Fsp3) is 0.538. The van der Waals surface area contributed by atoms with Crippen molar-refractivity contribution < 1.29 is 8.42 Å². The monoisotopic (exact) mass is 253 g/mol. The summed E-state index contributed by atoms with van der Waals surface area (Å²) in [5.41, 5.74) is 1.57. The minimum atomic E-state index is -3.33. The third-order valence-corrected chi connectivity index (χ3v) is 5.37. The van der Waals surface area contributed by atoms with Crippen LogP contribution in [0.2, 0.25) is 0 Å². The molecule has 0 N–H and O–H groups in total. The van der Waals surface area contributed by atoms with Crippen molar-refractivity contribution >= 4 is 10.0 Å². The molecule has 94 valence electrons. The summed E-state index contributed by atoms with van der Waals surface area (Å²) in [5, 5.41) is 0. The molecule has 0 aliphatic carbocycles. The van der Waals surface area contributed by atoms with Crippen molar-refractivity contribution in [2.45, 2.75) is 44.6 Å². The third kappa shape index (κ3) is 2.11. The lowest BCUT2D eigenvalue weighted by atomic mass is 10.1. The second-order valence-electron chi connectivity index (χ2n) is 5.61. The molecule has 0 saturated carbocycles. The van der Waals surface area contributed by atoms with Gasteiger partial charge in [0.05, 0.1) is 4.90 Å². The summed E-state index contributed by atoms with van der Waals surface area (Å²) in [6.45, 7) is 8.30. The van der Waals surface area contributed by atoms with Gasteiger partial charge in [0.15, 0.2) is 0 Å². The van der Waals surface area contributed by atoms with E-state index in [4.69, 9.17) is 0 Å². The van der Waals surface area contributed by atoms with E-state index in [9.17, 15) is 8.42 Å². The Bertz CT molecular complexity index is 541. The van der Waals surface area contributed by atoms with Crippen LogP contribution in [0.5, 0.6) is 0 Å². The Balaban J connectivity index is 2.60.